The van der Waals surface area contributed by atoms with Gasteiger partial charge in [0.1, 0.15) is 5.75 Å². The molecule has 2 atom stereocenters. The molecule has 0 aliphatic carbocycles. The average Bonchev–Trinajstić information content (AvgIpc) is 3.23. The molecule has 194 valence electrons. The number of nitrogens with zero attached hydrogens (tertiary/aromatic N) is 1. The summed E-state index contributed by atoms with van der Waals surface area (Å²) >= 11 is 1.49. The predicted octanol–water partition coefficient (Wildman–Crippen LogP) is 6.81. The third-order valence-corrected chi connectivity index (χ3v) is 7.48. The molecule has 1 aliphatic rings. The molecule has 0 saturated heterocycles. The molecular weight excluding hydrogens is 491 g/mol. The van der Waals surface area contributed by atoms with E-state index in [1.165, 1.54) is 37.7 Å². The summed E-state index contributed by atoms with van der Waals surface area (Å²) in [6.45, 7) is 8.74. The number of carboxylic acid groups (broad SMARTS) is 1. The molecule has 3 rings (SSSR count). The molecule has 1 aliphatic heterocycles. The van der Waals surface area contributed by atoms with Crippen LogP contribution in [0.25, 0.3) is 0 Å². The second kappa shape index (κ2) is 10.7. The third-order valence-electron chi connectivity index (χ3n) is 6.10. The van der Waals surface area contributed by atoms with Gasteiger partial charge >= 0.3 is 12.1 Å². The first-order valence-corrected chi connectivity index (χ1v) is 12.6. The molecule has 0 amide bonds. The van der Waals surface area contributed by atoms with Gasteiger partial charge in [0.05, 0.1) is 16.6 Å². The van der Waals surface area contributed by atoms with E-state index in [0.29, 0.717) is 28.3 Å². The standard InChI is InChI=1S/C27H30F3NO4S/c1-15(2)23-22(36-24(31-23)17-8-10-19(11-9-17)27(28,29)30)13-12-20(32)18-7-6-16(3)21(14-18)35-26(4,5)25(33)34/h6-11,14-15,22-23H,12-13H2,1-5H3,(H,33,34). The molecule has 1 heterocycles. The highest BCUT2D eigenvalue weighted by Crippen LogP contribution is 2.38. The van der Waals surface area contributed by atoms with Crippen LogP contribution in [0.15, 0.2) is 47.5 Å². The van der Waals surface area contributed by atoms with Gasteiger partial charge in [0, 0.05) is 22.8 Å². The molecule has 2 aromatic rings. The van der Waals surface area contributed by atoms with E-state index in [1.54, 1.807) is 25.1 Å². The predicted molar refractivity (Wildman–Crippen MR) is 135 cm³/mol. The lowest BCUT2D eigenvalue weighted by molar-refractivity contribution is -0.152. The van der Waals surface area contributed by atoms with Crippen molar-refractivity contribution in [3.8, 4) is 5.75 Å². The zero-order chi connectivity index (χ0) is 26.8. The number of benzene rings is 2. The highest BCUT2D eigenvalue weighted by molar-refractivity contribution is 8.15. The Morgan fingerprint density at radius 1 is 1.11 bits per heavy atom. The lowest BCUT2D eigenvalue weighted by atomic mass is 9.96. The van der Waals surface area contributed by atoms with Crippen LogP contribution in [0.2, 0.25) is 0 Å². The second-order valence-corrected chi connectivity index (χ2v) is 11.0. The van der Waals surface area contributed by atoms with Crippen molar-refractivity contribution in [1.29, 1.82) is 0 Å². The number of ether oxygens (including phenoxy) is 1. The Balaban J connectivity index is 1.70. The van der Waals surface area contributed by atoms with Gasteiger partial charge in [0.25, 0.3) is 0 Å². The monoisotopic (exact) mass is 521 g/mol. The van der Waals surface area contributed by atoms with E-state index in [2.05, 4.69) is 0 Å². The largest absolute Gasteiger partial charge is 0.478 e. The SMILES string of the molecule is Cc1ccc(C(=O)CCC2SC(c3ccc(C(F)(F)F)cc3)=NC2C(C)C)cc1OC(C)(C)C(=O)O. The molecule has 0 spiro atoms. The van der Waals surface area contributed by atoms with Gasteiger partial charge in [-0.1, -0.05) is 38.1 Å². The summed E-state index contributed by atoms with van der Waals surface area (Å²) in [5.41, 5.74) is -0.352. The van der Waals surface area contributed by atoms with E-state index in [1.807, 2.05) is 13.8 Å². The van der Waals surface area contributed by atoms with Crippen LogP contribution in [-0.2, 0) is 11.0 Å². The van der Waals surface area contributed by atoms with Gasteiger partial charge in [-0.15, -0.1) is 11.8 Å². The number of aliphatic carboxylic acids is 1. The first-order chi connectivity index (χ1) is 16.7. The van der Waals surface area contributed by atoms with E-state index >= 15 is 0 Å². The van der Waals surface area contributed by atoms with Crippen LogP contribution in [-0.4, -0.2) is 38.8 Å². The molecule has 0 radical (unpaired) electrons. The van der Waals surface area contributed by atoms with Gasteiger partial charge in [-0.05, 0) is 56.9 Å². The lowest BCUT2D eigenvalue weighted by Gasteiger charge is -2.23. The van der Waals surface area contributed by atoms with Crippen molar-refractivity contribution in [3.05, 3.63) is 64.7 Å². The minimum atomic E-state index is -4.39. The fourth-order valence-corrected chi connectivity index (χ4v) is 5.33. The summed E-state index contributed by atoms with van der Waals surface area (Å²) < 4.78 is 44.4. The lowest BCUT2D eigenvalue weighted by Crippen LogP contribution is -2.38. The summed E-state index contributed by atoms with van der Waals surface area (Å²) in [4.78, 5) is 29.2. The van der Waals surface area contributed by atoms with Crippen LogP contribution in [0.4, 0.5) is 13.2 Å². The number of aliphatic imine (C=N–C) groups is 1. The van der Waals surface area contributed by atoms with Gasteiger partial charge in [-0.25, -0.2) is 4.79 Å². The summed E-state index contributed by atoms with van der Waals surface area (Å²) in [5, 5.41) is 10.0. The molecule has 9 heteroatoms. The van der Waals surface area contributed by atoms with Crippen molar-refractivity contribution in [2.24, 2.45) is 10.9 Å². The first-order valence-electron chi connectivity index (χ1n) is 11.7. The van der Waals surface area contributed by atoms with Crippen LogP contribution < -0.4 is 4.74 Å². The number of hydrogen-bond acceptors (Lipinski definition) is 5. The molecular formula is C27H30F3NO4S. The number of alkyl halides is 3. The summed E-state index contributed by atoms with van der Waals surface area (Å²) in [7, 11) is 0. The zero-order valence-electron chi connectivity index (χ0n) is 20.8. The number of rotatable bonds is 9. The number of carboxylic acids is 1. The zero-order valence-corrected chi connectivity index (χ0v) is 21.7. The molecule has 0 aromatic heterocycles. The van der Waals surface area contributed by atoms with E-state index in [4.69, 9.17) is 9.73 Å². The van der Waals surface area contributed by atoms with Crippen LogP contribution in [0.3, 0.4) is 0 Å². The van der Waals surface area contributed by atoms with Gasteiger partial charge in [-0.2, -0.15) is 13.2 Å². The maximum atomic E-state index is 13.0. The van der Waals surface area contributed by atoms with Crippen molar-refractivity contribution in [2.45, 2.75) is 70.5 Å². The van der Waals surface area contributed by atoms with E-state index < -0.39 is 23.3 Å². The molecule has 0 fully saturated rings. The van der Waals surface area contributed by atoms with Crippen LogP contribution in [0.1, 0.15) is 67.6 Å². The maximum Gasteiger partial charge on any atom is 0.416 e. The molecule has 1 N–H and O–H groups in total. The van der Waals surface area contributed by atoms with Crippen LogP contribution >= 0.6 is 11.8 Å². The molecule has 0 saturated carbocycles. The van der Waals surface area contributed by atoms with Crippen molar-refractivity contribution in [1.82, 2.24) is 0 Å². The van der Waals surface area contributed by atoms with Gasteiger partial charge in [-0.3, -0.25) is 9.79 Å². The Hall–Kier alpha value is -2.81. The molecule has 5 nitrogen and oxygen atoms in total. The average molecular weight is 522 g/mol. The number of hydrogen-bond donors (Lipinski definition) is 1. The van der Waals surface area contributed by atoms with E-state index in [9.17, 15) is 27.9 Å². The Morgan fingerprint density at radius 3 is 2.31 bits per heavy atom. The van der Waals surface area contributed by atoms with Crippen LogP contribution in [0.5, 0.6) is 5.75 Å². The summed E-state index contributed by atoms with van der Waals surface area (Å²) in [5.74, 6) is -0.668. The summed E-state index contributed by atoms with van der Waals surface area (Å²) in [6.07, 6.45) is -3.59. The fourth-order valence-electron chi connectivity index (χ4n) is 3.83. The Bertz CT molecular complexity index is 1160. The quantitative estimate of drug-likeness (QED) is 0.367. The van der Waals surface area contributed by atoms with Crippen molar-refractivity contribution < 1.29 is 32.6 Å². The Kier molecular flexibility index (Phi) is 8.23. The van der Waals surface area contributed by atoms with Gasteiger partial charge in [0.15, 0.2) is 11.4 Å². The van der Waals surface area contributed by atoms with Crippen molar-refractivity contribution >= 4 is 28.6 Å². The normalized spacial score (nSPS) is 18.3. The number of aryl methyl sites for hydroxylation is 1. The first kappa shape index (κ1) is 27.8. The topological polar surface area (TPSA) is 76.0 Å². The highest BCUT2D eigenvalue weighted by atomic mass is 32.2. The van der Waals surface area contributed by atoms with Crippen molar-refractivity contribution in [3.63, 3.8) is 0 Å². The summed E-state index contributed by atoms with van der Waals surface area (Å²) in [6, 6.07) is 9.93. The number of Topliss-reactive ketones (excluding diaryl/α,β-unsaturated/α-hetero) is 1. The molecule has 0 bridgehead atoms. The second-order valence-electron chi connectivity index (χ2n) is 9.76. The van der Waals surface area contributed by atoms with Crippen LogP contribution in [0, 0.1) is 12.8 Å². The Morgan fingerprint density at radius 2 is 1.75 bits per heavy atom. The number of ketones is 1. The van der Waals surface area contributed by atoms with Crippen molar-refractivity contribution in [2.75, 3.05) is 0 Å². The van der Waals surface area contributed by atoms with Gasteiger partial charge < -0.3 is 9.84 Å². The Labute approximate surface area is 213 Å². The highest BCUT2D eigenvalue weighted by Gasteiger charge is 2.35. The third kappa shape index (κ3) is 6.49. The number of thioether (sulfide) groups is 1. The van der Waals surface area contributed by atoms with E-state index in [-0.39, 0.29) is 29.4 Å². The van der Waals surface area contributed by atoms with Gasteiger partial charge in [0.2, 0.25) is 0 Å². The minimum absolute atomic E-state index is 0.0124. The molecule has 36 heavy (non-hydrogen) atoms. The number of carbonyl (C=O) groups excluding carboxylic acids is 1. The smallest absolute Gasteiger partial charge is 0.416 e. The fraction of sp³-hybridized carbons (Fsp3) is 0.444. The molecule has 2 aromatic carbocycles. The molecule has 2 unspecified atom stereocenters. The minimum Gasteiger partial charge on any atom is -0.478 e. The maximum absolute atomic E-state index is 13.0. The van der Waals surface area contributed by atoms with E-state index in [0.717, 1.165) is 17.7 Å². The number of halogens is 3. The number of carbonyl (C=O) groups is 2.